The van der Waals surface area contributed by atoms with Crippen LogP contribution in [-0.2, 0) is 16.0 Å². The molecule has 142 valence electrons. The molecule has 1 aliphatic heterocycles. The Kier molecular flexibility index (Phi) is 7.92. The Hall–Kier alpha value is -2.57. The highest BCUT2D eigenvalue weighted by atomic mass is 16.4. The maximum absolute atomic E-state index is 12.1. The van der Waals surface area contributed by atoms with Gasteiger partial charge >= 0.3 is 12.0 Å². The molecular weight excluding hydrogens is 334 g/mol. The molecule has 3 amide bonds. The molecule has 0 radical (unpaired) electrons. The van der Waals surface area contributed by atoms with Crippen molar-refractivity contribution in [2.45, 2.75) is 44.6 Å². The molecule has 1 saturated heterocycles. The minimum absolute atomic E-state index is 0.0233. The lowest BCUT2D eigenvalue weighted by atomic mass is 10.0. The van der Waals surface area contributed by atoms with Crippen LogP contribution in [0.3, 0.4) is 0 Å². The third kappa shape index (κ3) is 7.13. The van der Waals surface area contributed by atoms with Crippen molar-refractivity contribution in [2.75, 3.05) is 19.6 Å². The van der Waals surface area contributed by atoms with Gasteiger partial charge in [-0.3, -0.25) is 9.59 Å². The van der Waals surface area contributed by atoms with E-state index in [0.29, 0.717) is 12.8 Å². The lowest BCUT2D eigenvalue weighted by molar-refractivity contribution is -0.137. The van der Waals surface area contributed by atoms with E-state index in [2.05, 4.69) is 10.6 Å². The Bertz CT molecular complexity index is 600. The number of aliphatic carboxylic acids is 1. The standard InChI is InChI=1S/C19H27N3O4/c23-17(22-11-5-2-6-12-22)14-20-19(26)21-16(9-10-18(24)25)13-15-7-3-1-4-8-15/h1,3-4,7-8,16H,2,5-6,9-14H2,(H,24,25)(H2,20,21,26). The van der Waals surface area contributed by atoms with E-state index in [-0.39, 0.29) is 24.9 Å². The Labute approximate surface area is 153 Å². The number of hydrogen-bond acceptors (Lipinski definition) is 3. The van der Waals surface area contributed by atoms with Crippen LogP contribution in [0.1, 0.15) is 37.7 Å². The van der Waals surface area contributed by atoms with Gasteiger partial charge in [0.1, 0.15) is 0 Å². The quantitative estimate of drug-likeness (QED) is 0.657. The number of nitrogens with zero attached hydrogens (tertiary/aromatic N) is 1. The van der Waals surface area contributed by atoms with E-state index in [9.17, 15) is 14.4 Å². The van der Waals surface area contributed by atoms with E-state index in [4.69, 9.17) is 5.11 Å². The first-order valence-electron chi connectivity index (χ1n) is 9.12. The minimum atomic E-state index is -0.898. The largest absolute Gasteiger partial charge is 0.481 e. The number of piperidine rings is 1. The first-order chi connectivity index (χ1) is 12.5. The molecule has 1 atom stereocenters. The van der Waals surface area contributed by atoms with E-state index >= 15 is 0 Å². The lowest BCUT2D eigenvalue weighted by Gasteiger charge is -2.27. The molecule has 0 aliphatic carbocycles. The van der Waals surface area contributed by atoms with Crippen molar-refractivity contribution in [1.29, 1.82) is 0 Å². The summed E-state index contributed by atoms with van der Waals surface area (Å²) in [5, 5.41) is 14.3. The predicted molar refractivity (Wildman–Crippen MR) is 97.8 cm³/mol. The Balaban J connectivity index is 1.82. The highest BCUT2D eigenvalue weighted by Crippen LogP contribution is 2.09. The molecule has 1 aromatic rings. The molecule has 0 saturated carbocycles. The van der Waals surface area contributed by atoms with E-state index < -0.39 is 12.0 Å². The summed E-state index contributed by atoms with van der Waals surface area (Å²) in [6, 6.07) is 8.84. The maximum Gasteiger partial charge on any atom is 0.315 e. The van der Waals surface area contributed by atoms with Gasteiger partial charge in [-0.05, 0) is 37.7 Å². The lowest BCUT2D eigenvalue weighted by Crippen LogP contribution is -2.48. The van der Waals surface area contributed by atoms with Gasteiger partial charge < -0.3 is 20.6 Å². The molecule has 0 bridgehead atoms. The Morgan fingerprint density at radius 3 is 2.42 bits per heavy atom. The molecule has 7 heteroatoms. The van der Waals surface area contributed by atoms with Crippen LogP contribution in [0, 0.1) is 0 Å². The summed E-state index contributed by atoms with van der Waals surface area (Å²) in [4.78, 5) is 36.9. The van der Waals surface area contributed by atoms with Gasteiger partial charge in [0.2, 0.25) is 5.91 Å². The second-order valence-corrected chi connectivity index (χ2v) is 6.59. The summed E-state index contributed by atoms with van der Waals surface area (Å²) < 4.78 is 0. The summed E-state index contributed by atoms with van der Waals surface area (Å²) in [6.07, 6.45) is 4.00. The zero-order chi connectivity index (χ0) is 18.8. The smallest absolute Gasteiger partial charge is 0.315 e. The number of benzene rings is 1. The van der Waals surface area contributed by atoms with Crippen LogP contribution in [0.25, 0.3) is 0 Å². The van der Waals surface area contributed by atoms with Crippen LogP contribution in [0.4, 0.5) is 4.79 Å². The van der Waals surface area contributed by atoms with Crippen LogP contribution in [0.15, 0.2) is 30.3 Å². The SMILES string of the molecule is O=C(O)CCC(Cc1ccccc1)NC(=O)NCC(=O)N1CCCCC1. The Morgan fingerprint density at radius 2 is 1.77 bits per heavy atom. The topological polar surface area (TPSA) is 98.7 Å². The minimum Gasteiger partial charge on any atom is -0.481 e. The number of amides is 3. The molecule has 2 rings (SSSR count). The van der Waals surface area contributed by atoms with Crippen LogP contribution < -0.4 is 10.6 Å². The number of urea groups is 1. The summed E-state index contributed by atoms with van der Waals surface area (Å²) >= 11 is 0. The van der Waals surface area contributed by atoms with Crippen molar-refractivity contribution >= 4 is 17.9 Å². The normalized spacial score (nSPS) is 15.2. The summed E-state index contributed by atoms with van der Waals surface area (Å²) in [7, 11) is 0. The van der Waals surface area contributed by atoms with Gasteiger partial charge in [0.25, 0.3) is 0 Å². The van der Waals surface area contributed by atoms with Crippen molar-refractivity contribution in [2.24, 2.45) is 0 Å². The fraction of sp³-hybridized carbons (Fsp3) is 0.526. The van der Waals surface area contributed by atoms with Gasteiger partial charge in [-0.2, -0.15) is 0 Å². The van der Waals surface area contributed by atoms with Gasteiger partial charge in [-0.25, -0.2) is 4.79 Å². The summed E-state index contributed by atoms with van der Waals surface area (Å²) in [6.45, 7) is 1.46. The highest BCUT2D eigenvalue weighted by Gasteiger charge is 2.18. The van der Waals surface area contributed by atoms with Crippen LogP contribution in [0.2, 0.25) is 0 Å². The number of hydrogen-bond donors (Lipinski definition) is 3. The van der Waals surface area contributed by atoms with Crippen molar-refractivity contribution in [3.05, 3.63) is 35.9 Å². The Morgan fingerprint density at radius 1 is 1.08 bits per heavy atom. The molecule has 26 heavy (non-hydrogen) atoms. The highest BCUT2D eigenvalue weighted by molar-refractivity contribution is 5.84. The number of carboxylic acid groups (broad SMARTS) is 1. The van der Waals surface area contributed by atoms with Crippen molar-refractivity contribution in [3.8, 4) is 0 Å². The van der Waals surface area contributed by atoms with E-state index in [1.807, 2.05) is 30.3 Å². The van der Waals surface area contributed by atoms with Crippen LogP contribution in [-0.4, -0.2) is 53.6 Å². The molecule has 1 unspecified atom stereocenters. The van der Waals surface area contributed by atoms with Crippen molar-refractivity contribution in [1.82, 2.24) is 15.5 Å². The average Bonchev–Trinajstić information content (AvgIpc) is 2.65. The van der Waals surface area contributed by atoms with Crippen LogP contribution >= 0.6 is 0 Å². The fourth-order valence-electron chi connectivity index (χ4n) is 3.07. The first kappa shape index (κ1) is 19.8. The summed E-state index contributed by atoms with van der Waals surface area (Å²) in [5.74, 6) is -0.976. The van der Waals surface area contributed by atoms with E-state index in [1.54, 1.807) is 4.90 Å². The monoisotopic (exact) mass is 361 g/mol. The third-order valence-corrected chi connectivity index (χ3v) is 4.48. The molecule has 7 nitrogen and oxygen atoms in total. The summed E-state index contributed by atoms with van der Waals surface area (Å²) in [5.41, 5.74) is 1.02. The zero-order valence-corrected chi connectivity index (χ0v) is 14.9. The second kappa shape index (κ2) is 10.4. The van der Waals surface area contributed by atoms with Gasteiger partial charge in [0.05, 0.1) is 6.54 Å². The zero-order valence-electron chi connectivity index (χ0n) is 14.9. The van der Waals surface area contributed by atoms with Crippen molar-refractivity contribution < 1.29 is 19.5 Å². The maximum atomic E-state index is 12.1. The fourth-order valence-corrected chi connectivity index (χ4v) is 3.07. The molecule has 0 aromatic heterocycles. The molecule has 3 N–H and O–H groups in total. The second-order valence-electron chi connectivity index (χ2n) is 6.59. The van der Waals surface area contributed by atoms with E-state index in [0.717, 1.165) is 37.9 Å². The molecule has 0 spiro atoms. The number of likely N-dealkylation sites (tertiary alicyclic amines) is 1. The molecule has 1 fully saturated rings. The van der Waals surface area contributed by atoms with Gasteiger partial charge in [-0.15, -0.1) is 0 Å². The van der Waals surface area contributed by atoms with E-state index in [1.165, 1.54) is 0 Å². The van der Waals surface area contributed by atoms with Gasteiger partial charge in [0, 0.05) is 25.6 Å². The third-order valence-electron chi connectivity index (χ3n) is 4.48. The van der Waals surface area contributed by atoms with Gasteiger partial charge in [0.15, 0.2) is 0 Å². The number of carbonyl (C=O) groups is 3. The van der Waals surface area contributed by atoms with Crippen molar-refractivity contribution in [3.63, 3.8) is 0 Å². The number of rotatable bonds is 8. The predicted octanol–water partition coefficient (Wildman–Crippen LogP) is 1.77. The molecule has 1 aromatic carbocycles. The van der Waals surface area contributed by atoms with Gasteiger partial charge in [-0.1, -0.05) is 30.3 Å². The number of nitrogens with one attached hydrogen (secondary N) is 2. The first-order valence-corrected chi connectivity index (χ1v) is 9.12. The molecular formula is C19H27N3O4. The number of carboxylic acids is 1. The average molecular weight is 361 g/mol. The molecule has 1 aliphatic rings. The number of carbonyl (C=O) groups excluding carboxylic acids is 2. The molecule has 1 heterocycles. The van der Waals surface area contributed by atoms with Crippen LogP contribution in [0.5, 0.6) is 0 Å².